The van der Waals surface area contributed by atoms with Crippen LogP contribution in [0.2, 0.25) is 0 Å². The predicted octanol–water partition coefficient (Wildman–Crippen LogP) is 4.57. The SMILES string of the molecule is O=C(c1cccc([N+](=O)[O-])c1)N1CCCCC1c1nc2ccccc2s1. The molecule has 0 N–H and O–H groups in total. The van der Waals surface area contributed by atoms with Crippen molar-refractivity contribution < 1.29 is 9.72 Å². The summed E-state index contributed by atoms with van der Waals surface area (Å²) in [6.45, 7) is 0.641. The number of non-ortho nitro benzene ring substituents is 1. The first-order valence-electron chi connectivity index (χ1n) is 8.54. The van der Waals surface area contributed by atoms with Crippen molar-refractivity contribution >= 4 is 33.1 Å². The van der Waals surface area contributed by atoms with Crippen molar-refractivity contribution in [3.05, 3.63) is 69.2 Å². The number of carbonyl (C=O) groups is 1. The molecule has 4 rings (SSSR count). The summed E-state index contributed by atoms with van der Waals surface area (Å²) < 4.78 is 1.11. The maximum absolute atomic E-state index is 13.1. The number of likely N-dealkylation sites (tertiary alicyclic amines) is 1. The molecule has 132 valence electrons. The molecule has 3 aromatic rings. The number of nitro benzene ring substituents is 1. The standard InChI is InChI=1S/C19H17N3O3S/c23-19(13-6-5-7-14(12-13)22(24)25)21-11-4-3-9-16(21)18-20-15-8-1-2-10-17(15)26-18/h1-2,5-8,10,12,16H,3-4,9,11H2. The lowest BCUT2D eigenvalue weighted by molar-refractivity contribution is -0.384. The quantitative estimate of drug-likeness (QED) is 0.502. The Bertz CT molecular complexity index is 952. The van der Waals surface area contributed by atoms with Crippen LogP contribution < -0.4 is 0 Å². The van der Waals surface area contributed by atoms with Crippen LogP contribution in [0.5, 0.6) is 0 Å². The van der Waals surface area contributed by atoms with E-state index in [1.54, 1.807) is 23.5 Å². The highest BCUT2D eigenvalue weighted by atomic mass is 32.1. The second-order valence-corrected chi connectivity index (χ2v) is 7.40. The molecule has 26 heavy (non-hydrogen) atoms. The molecule has 1 aliphatic heterocycles. The minimum absolute atomic E-state index is 0.0654. The molecule has 0 aliphatic carbocycles. The molecular weight excluding hydrogens is 350 g/mol. The van der Waals surface area contributed by atoms with E-state index in [1.807, 2.05) is 29.2 Å². The summed E-state index contributed by atoms with van der Waals surface area (Å²) in [6.07, 6.45) is 2.84. The highest BCUT2D eigenvalue weighted by Crippen LogP contribution is 2.36. The number of hydrogen-bond donors (Lipinski definition) is 0. The Hall–Kier alpha value is -2.80. The molecule has 0 spiro atoms. The van der Waals surface area contributed by atoms with E-state index in [9.17, 15) is 14.9 Å². The van der Waals surface area contributed by atoms with Crippen molar-refractivity contribution in [2.75, 3.05) is 6.54 Å². The molecule has 2 heterocycles. The Morgan fingerprint density at radius 1 is 1.19 bits per heavy atom. The Labute approximate surface area is 154 Å². The van der Waals surface area contributed by atoms with Crippen LogP contribution in [0, 0.1) is 10.1 Å². The van der Waals surface area contributed by atoms with Gasteiger partial charge in [0.15, 0.2) is 0 Å². The van der Waals surface area contributed by atoms with Crippen molar-refractivity contribution in [2.24, 2.45) is 0 Å². The fourth-order valence-corrected chi connectivity index (χ4v) is 4.50. The van der Waals surface area contributed by atoms with E-state index >= 15 is 0 Å². The number of aromatic nitrogens is 1. The number of rotatable bonds is 3. The topological polar surface area (TPSA) is 76.3 Å². The van der Waals surface area contributed by atoms with E-state index in [0.29, 0.717) is 12.1 Å². The number of nitro groups is 1. The molecule has 1 aliphatic rings. The minimum Gasteiger partial charge on any atom is -0.329 e. The summed E-state index contributed by atoms with van der Waals surface area (Å²) in [5, 5.41) is 11.9. The van der Waals surface area contributed by atoms with Crippen LogP contribution in [0.25, 0.3) is 10.2 Å². The third-order valence-electron chi connectivity index (χ3n) is 4.66. The molecule has 6 nitrogen and oxygen atoms in total. The Balaban J connectivity index is 1.67. The summed E-state index contributed by atoms with van der Waals surface area (Å²) in [7, 11) is 0. The average Bonchev–Trinajstić information content (AvgIpc) is 3.11. The summed E-state index contributed by atoms with van der Waals surface area (Å²) in [4.78, 5) is 30.1. The summed E-state index contributed by atoms with van der Waals surface area (Å²) >= 11 is 1.61. The average molecular weight is 367 g/mol. The van der Waals surface area contributed by atoms with Crippen molar-refractivity contribution in [1.29, 1.82) is 0 Å². The van der Waals surface area contributed by atoms with E-state index in [2.05, 4.69) is 0 Å². The van der Waals surface area contributed by atoms with Gasteiger partial charge in [-0.3, -0.25) is 14.9 Å². The van der Waals surface area contributed by atoms with Gasteiger partial charge < -0.3 is 4.90 Å². The van der Waals surface area contributed by atoms with Crippen LogP contribution in [-0.4, -0.2) is 27.3 Å². The molecule has 0 bridgehead atoms. The fraction of sp³-hybridized carbons (Fsp3) is 0.263. The van der Waals surface area contributed by atoms with Crippen molar-refractivity contribution in [2.45, 2.75) is 25.3 Å². The lowest BCUT2D eigenvalue weighted by Gasteiger charge is -2.34. The molecule has 0 radical (unpaired) electrons. The molecule has 1 atom stereocenters. The first-order valence-corrected chi connectivity index (χ1v) is 9.36. The fourth-order valence-electron chi connectivity index (χ4n) is 3.38. The number of piperidine rings is 1. The Morgan fingerprint density at radius 3 is 2.85 bits per heavy atom. The van der Waals surface area contributed by atoms with E-state index in [4.69, 9.17) is 4.98 Å². The molecule has 1 fully saturated rings. The van der Waals surface area contributed by atoms with Gasteiger partial charge in [0.05, 0.1) is 21.2 Å². The van der Waals surface area contributed by atoms with Crippen LogP contribution in [0.15, 0.2) is 48.5 Å². The number of benzene rings is 2. The number of fused-ring (bicyclic) bond motifs is 1. The van der Waals surface area contributed by atoms with Crippen LogP contribution in [0.3, 0.4) is 0 Å². The summed E-state index contributed by atoms with van der Waals surface area (Å²) in [5.41, 5.74) is 1.23. The number of nitrogens with zero attached hydrogens (tertiary/aromatic N) is 3. The Morgan fingerprint density at radius 2 is 2.04 bits per heavy atom. The number of thiazole rings is 1. The lowest BCUT2D eigenvalue weighted by Crippen LogP contribution is -2.38. The third-order valence-corrected chi connectivity index (χ3v) is 5.80. The van der Waals surface area contributed by atoms with E-state index < -0.39 is 4.92 Å². The van der Waals surface area contributed by atoms with Crippen LogP contribution in [-0.2, 0) is 0 Å². The molecule has 1 saturated heterocycles. The van der Waals surface area contributed by atoms with E-state index in [0.717, 1.165) is 34.5 Å². The minimum atomic E-state index is -0.474. The van der Waals surface area contributed by atoms with Gasteiger partial charge in [-0.05, 0) is 37.5 Å². The van der Waals surface area contributed by atoms with Gasteiger partial charge in [-0.15, -0.1) is 11.3 Å². The van der Waals surface area contributed by atoms with Crippen molar-refractivity contribution in [3.8, 4) is 0 Å². The number of amides is 1. The molecule has 1 unspecified atom stereocenters. The van der Waals surface area contributed by atoms with Crippen LogP contribution in [0.4, 0.5) is 5.69 Å². The van der Waals surface area contributed by atoms with Gasteiger partial charge in [0, 0.05) is 24.2 Å². The van der Waals surface area contributed by atoms with Crippen molar-refractivity contribution in [3.63, 3.8) is 0 Å². The van der Waals surface area contributed by atoms with Crippen LogP contribution >= 0.6 is 11.3 Å². The van der Waals surface area contributed by atoms with Gasteiger partial charge in [0.1, 0.15) is 5.01 Å². The third kappa shape index (κ3) is 3.06. The summed E-state index contributed by atoms with van der Waals surface area (Å²) in [6, 6.07) is 13.8. The normalized spacial score (nSPS) is 17.4. The first kappa shape index (κ1) is 16.7. The maximum atomic E-state index is 13.1. The second-order valence-electron chi connectivity index (χ2n) is 6.34. The van der Waals surface area contributed by atoms with Gasteiger partial charge in [0.25, 0.3) is 11.6 Å². The van der Waals surface area contributed by atoms with E-state index in [-0.39, 0.29) is 17.6 Å². The molecule has 2 aromatic carbocycles. The highest BCUT2D eigenvalue weighted by Gasteiger charge is 2.31. The predicted molar refractivity (Wildman–Crippen MR) is 100 cm³/mol. The molecular formula is C19H17N3O3S. The van der Waals surface area contributed by atoms with E-state index in [1.165, 1.54) is 12.1 Å². The molecule has 1 aromatic heterocycles. The maximum Gasteiger partial charge on any atom is 0.270 e. The van der Waals surface area contributed by atoms with Crippen molar-refractivity contribution in [1.82, 2.24) is 9.88 Å². The second kappa shape index (κ2) is 6.84. The largest absolute Gasteiger partial charge is 0.329 e. The number of carbonyl (C=O) groups excluding carboxylic acids is 1. The number of hydrogen-bond acceptors (Lipinski definition) is 5. The smallest absolute Gasteiger partial charge is 0.270 e. The highest BCUT2D eigenvalue weighted by molar-refractivity contribution is 7.18. The first-order chi connectivity index (χ1) is 12.6. The zero-order valence-electron chi connectivity index (χ0n) is 14.0. The number of para-hydroxylation sites is 1. The van der Waals surface area contributed by atoms with Crippen LogP contribution in [0.1, 0.15) is 40.7 Å². The van der Waals surface area contributed by atoms with Gasteiger partial charge in [0.2, 0.25) is 0 Å². The lowest BCUT2D eigenvalue weighted by atomic mass is 10.0. The van der Waals surface area contributed by atoms with Gasteiger partial charge in [-0.2, -0.15) is 0 Å². The molecule has 7 heteroatoms. The zero-order chi connectivity index (χ0) is 18.1. The Kier molecular flexibility index (Phi) is 4.38. The van der Waals surface area contributed by atoms with Gasteiger partial charge in [-0.1, -0.05) is 18.2 Å². The monoisotopic (exact) mass is 367 g/mol. The molecule has 0 saturated carbocycles. The van der Waals surface area contributed by atoms with Gasteiger partial charge >= 0.3 is 0 Å². The zero-order valence-corrected chi connectivity index (χ0v) is 14.8. The molecule has 1 amide bonds. The van der Waals surface area contributed by atoms with Gasteiger partial charge in [-0.25, -0.2) is 4.98 Å². The summed E-state index contributed by atoms with van der Waals surface area (Å²) in [5.74, 6) is -0.169.